The molecule has 0 N–H and O–H groups in total. The van der Waals surface area contributed by atoms with E-state index in [1.165, 1.54) is 18.2 Å². The van der Waals surface area contributed by atoms with E-state index in [-0.39, 0.29) is 11.7 Å². The predicted octanol–water partition coefficient (Wildman–Crippen LogP) is 4.65. The minimum atomic E-state index is -2.35. The molecule has 0 aliphatic carbocycles. The Hall–Kier alpha value is -1.71. The minimum Gasteiger partial charge on any atom is -0.491 e. The first-order valence-corrected chi connectivity index (χ1v) is 5.09. The van der Waals surface area contributed by atoms with Crippen molar-refractivity contribution in [3.63, 3.8) is 0 Å². The summed E-state index contributed by atoms with van der Waals surface area (Å²) in [7, 11) is 0. The molecule has 1 aromatic carbocycles. The van der Waals surface area contributed by atoms with Crippen LogP contribution in [0.5, 0.6) is 5.75 Å². The third-order valence-corrected chi connectivity index (χ3v) is 1.96. The van der Waals surface area contributed by atoms with Gasteiger partial charge in [-0.3, -0.25) is 0 Å². The van der Waals surface area contributed by atoms with E-state index in [0.29, 0.717) is 11.3 Å². The Bertz CT molecular complexity index is 446. The third-order valence-electron chi connectivity index (χ3n) is 1.96. The lowest BCUT2D eigenvalue weighted by molar-refractivity contribution is 0.242. The molecule has 0 bridgehead atoms. The van der Waals surface area contributed by atoms with Gasteiger partial charge in [0.25, 0.3) is 0 Å². The van der Waals surface area contributed by atoms with Gasteiger partial charge in [-0.15, -0.1) is 0 Å². The second-order valence-corrected chi connectivity index (χ2v) is 3.74. The molecule has 1 aromatic rings. The number of hydrogen-bond acceptors (Lipinski definition) is 1. The molecule has 92 valence electrons. The quantitative estimate of drug-likeness (QED) is 0.746. The lowest BCUT2D eigenvalue weighted by Crippen LogP contribution is -2.05. The van der Waals surface area contributed by atoms with Gasteiger partial charge in [0.15, 0.2) is 5.83 Å². The molecular weight excluding hydrogens is 229 g/mol. The molecule has 0 aromatic heterocycles. The average Bonchev–Trinajstić information content (AvgIpc) is 2.26. The van der Waals surface area contributed by atoms with Gasteiger partial charge in [-0.25, -0.2) is 4.39 Å². The topological polar surface area (TPSA) is 9.23 Å². The van der Waals surface area contributed by atoms with Crippen molar-refractivity contribution in [2.24, 2.45) is 0 Å². The van der Waals surface area contributed by atoms with E-state index in [1.54, 1.807) is 19.9 Å². The van der Waals surface area contributed by atoms with Crippen molar-refractivity contribution in [3.8, 4) is 5.75 Å². The molecule has 17 heavy (non-hydrogen) atoms. The van der Waals surface area contributed by atoms with Gasteiger partial charge < -0.3 is 4.74 Å². The first-order chi connectivity index (χ1) is 7.93. The zero-order valence-electron chi connectivity index (χ0n) is 9.64. The summed E-state index contributed by atoms with van der Waals surface area (Å²) in [6.07, 6.45) is -1.02. The minimum absolute atomic E-state index is 0.120. The third kappa shape index (κ3) is 3.66. The fourth-order valence-electron chi connectivity index (χ4n) is 1.32. The van der Waals surface area contributed by atoms with Gasteiger partial charge in [0, 0.05) is 5.56 Å². The summed E-state index contributed by atoms with van der Waals surface area (Å²) < 4.78 is 42.8. The first-order valence-electron chi connectivity index (χ1n) is 5.09. The van der Waals surface area contributed by atoms with Gasteiger partial charge in [-0.1, -0.05) is 12.7 Å². The van der Waals surface area contributed by atoms with Crippen LogP contribution in [0.2, 0.25) is 0 Å². The number of benzene rings is 1. The van der Waals surface area contributed by atoms with Crippen LogP contribution in [0.3, 0.4) is 0 Å². The van der Waals surface area contributed by atoms with Gasteiger partial charge in [-0.2, -0.15) is 8.78 Å². The summed E-state index contributed by atoms with van der Waals surface area (Å²) in [5.41, 5.74) is 0.313. The Kier molecular flexibility index (Phi) is 4.37. The smallest absolute Gasteiger partial charge is 0.306 e. The molecule has 4 heteroatoms. The highest BCUT2D eigenvalue weighted by Crippen LogP contribution is 2.28. The van der Waals surface area contributed by atoms with Crippen LogP contribution in [0.15, 0.2) is 30.9 Å². The van der Waals surface area contributed by atoms with Crippen molar-refractivity contribution in [1.29, 1.82) is 0 Å². The van der Waals surface area contributed by atoms with E-state index in [2.05, 4.69) is 6.58 Å². The molecule has 1 nitrogen and oxygen atoms in total. The van der Waals surface area contributed by atoms with Crippen molar-refractivity contribution in [2.45, 2.75) is 20.0 Å². The van der Waals surface area contributed by atoms with E-state index < -0.39 is 11.9 Å². The summed E-state index contributed by atoms with van der Waals surface area (Å²) >= 11 is 0. The molecule has 0 aliphatic rings. The molecule has 0 saturated heterocycles. The number of halogens is 3. The van der Waals surface area contributed by atoms with Gasteiger partial charge in [-0.05, 0) is 37.6 Å². The van der Waals surface area contributed by atoms with Crippen LogP contribution in [-0.4, -0.2) is 6.10 Å². The summed E-state index contributed by atoms with van der Waals surface area (Å²) in [4.78, 5) is 0. The SMILES string of the molecule is C=Cc1cc(OC(C)C)cc(C(F)=C(F)F)c1. The molecule has 0 saturated carbocycles. The fourth-order valence-corrected chi connectivity index (χ4v) is 1.32. The summed E-state index contributed by atoms with van der Waals surface area (Å²) in [5, 5.41) is 0. The standard InChI is InChI=1S/C13H13F3O/c1-4-9-5-10(12(14)13(15)16)7-11(6-9)17-8(2)3/h4-8H,1H2,2-3H3. The zero-order valence-corrected chi connectivity index (χ0v) is 9.64. The van der Waals surface area contributed by atoms with Gasteiger partial charge in [0.1, 0.15) is 5.75 Å². The predicted molar refractivity (Wildman–Crippen MR) is 62.5 cm³/mol. The van der Waals surface area contributed by atoms with Crippen LogP contribution in [-0.2, 0) is 0 Å². The molecular formula is C13H13F3O. The largest absolute Gasteiger partial charge is 0.491 e. The van der Waals surface area contributed by atoms with Crippen molar-refractivity contribution in [3.05, 3.63) is 42.0 Å². The molecule has 0 heterocycles. The van der Waals surface area contributed by atoms with Gasteiger partial charge in [0.2, 0.25) is 0 Å². The Labute approximate surface area is 98.2 Å². The molecule has 0 fully saturated rings. The molecule has 1 rings (SSSR count). The Morgan fingerprint density at radius 2 is 1.88 bits per heavy atom. The molecule has 0 spiro atoms. The maximum Gasteiger partial charge on any atom is 0.306 e. The normalized spacial score (nSPS) is 10.2. The van der Waals surface area contributed by atoms with Crippen LogP contribution in [0, 0.1) is 0 Å². The summed E-state index contributed by atoms with van der Waals surface area (Å²) in [6.45, 7) is 7.10. The fraction of sp³-hybridized carbons (Fsp3) is 0.231. The molecule has 0 atom stereocenters. The van der Waals surface area contributed by atoms with E-state index in [9.17, 15) is 13.2 Å². The number of ether oxygens (including phenoxy) is 1. The second-order valence-electron chi connectivity index (χ2n) is 3.74. The lowest BCUT2D eigenvalue weighted by Gasteiger charge is -2.11. The van der Waals surface area contributed by atoms with Crippen LogP contribution in [0.25, 0.3) is 11.9 Å². The van der Waals surface area contributed by atoms with Crippen LogP contribution in [0.4, 0.5) is 13.2 Å². The Balaban J connectivity index is 3.23. The maximum absolute atomic E-state index is 13.1. The van der Waals surface area contributed by atoms with Crippen molar-refractivity contribution in [1.82, 2.24) is 0 Å². The zero-order chi connectivity index (χ0) is 13.0. The Morgan fingerprint density at radius 1 is 1.24 bits per heavy atom. The molecule has 0 unspecified atom stereocenters. The summed E-state index contributed by atoms with van der Waals surface area (Å²) in [5.74, 6) is -1.20. The van der Waals surface area contributed by atoms with Crippen molar-refractivity contribution in [2.75, 3.05) is 0 Å². The van der Waals surface area contributed by atoms with Gasteiger partial charge in [0.05, 0.1) is 6.10 Å². The van der Waals surface area contributed by atoms with Crippen LogP contribution >= 0.6 is 0 Å². The molecule has 0 radical (unpaired) electrons. The van der Waals surface area contributed by atoms with Crippen LogP contribution < -0.4 is 4.74 Å². The average molecular weight is 242 g/mol. The van der Waals surface area contributed by atoms with E-state index >= 15 is 0 Å². The first kappa shape index (κ1) is 13.4. The Morgan fingerprint density at radius 3 is 2.35 bits per heavy atom. The second kappa shape index (κ2) is 5.57. The molecule has 0 amide bonds. The van der Waals surface area contributed by atoms with Crippen LogP contribution in [0.1, 0.15) is 25.0 Å². The maximum atomic E-state index is 13.1. The van der Waals surface area contributed by atoms with Gasteiger partial charge >= 0.3 is 6.08 Å². The van der Waals surface area contributed by atoms with Crippen molar-refractivity contribution >= 4 is 11.9 Å². The highest BCUT2D eigenvalue weighted by molar-refractivity contribution is 5.65. The lowest BCUT2D eigenvalue weighted by atomic mass is 10.1. The summed E-state index contributed by atoms with van der Waals surface area (Å²) in [6, 6.07) is 4.14. The van der Waals surface area contributed by atoms with Crippen molar-refractivity contribution < 1.29 is 17.9 Å². The monoisotopic (exact) mass is 242 g/mol. The van der Waals surface area contributed by atoms with E-state index in [4.69, 9.17) is 4.74 Å². The van der Waals surface area contributed by atoms with E-state index in [1.807, 2.05) is 0 Å². The highest BCUT2D eigenvalue weighted by atomic mass is 19.3. The molecule has 0 aliphatic heterocycles. The number of rotatable bonds is 4. The number of hydrogen-bond donors (Lipinski definition) is 0. The highest BCUT2D eigenvalue weighted by Gasteiger charge is 2.11. The van der Waals surface area contributed by atoms with E-state index in [0.717, 1.165) is 0 Å².